The molecular weight excluding hydrogens is 422 g/mol. The molecule has 1 atom stereocenters. The molecule has 1 fully saturated rings. The van der Waals surface area contributed by atoms with Crippen molar-refractivity contribution in [2.45, 2.75) is 52.5 Å². The van der Waals surface area contributed by atoms with Crippen molar-refractivity contribution in [3.05, 3.63) is 71.4 Å². The lowest BCUT2D eigenvalue weighted by Gasteiger charge is -2.33. The summed E-state index contributed by atoms with van der Waals surface area (Å²) in [6.07, 6.45) is 4.88. The Morgan fingerprint density at radius 3 is 2.47 bits per heavy atom. The van der Waals surface area contributed by atoms with Crippen LogP contribution in [0.3, 0.4) is 0 Å². The normalized spacial score (nSPS) is 16.4. The number of hydrogen-bond donors (Lipinski definition) is 1. The van der Waals surface area contributed by atoms with Gasteiger partial charge >= 0.3 is 0 Å². The van der Waals surface area contributed by atoms with Gasteiger partial charge in [0.1, 0.15) is 5.75 Å². The molecular formula is C29H37N3O2. The van der Waals surface area contributed by atoms with Crippen LogP contribution >= 0.6 is 0 Å². The lowest BCUT2D eigenvalue weighted by Crippen LogP contribution is -2.39. The molecule has 0 aliphatic carbocycles. The molecule has 1 saturated heterocycles. The summed E-state index contributed by atoms with van der Waals surface area (Å²) in [7, 11) is 1.67. The summed E-state index contributed by atoms with van der Waals surface area (Å²) in [5, 5.41) is 3.17. The second-order valence-electron chi connectivity index (χ2n) is 9.42. The molecule has 34 heavy (non-hydrogen) atoms. The number of rotatable bonds is 8. The van der Waals surface area contributed by atoms with Gasteiger partial charge in [0, 0.05) is 30.5 Å². The maximum absolute atomic E-state index is 13.2. The Morgan fingerprint density at radius 1 is 1.06 bits per heavy atom. The van der Waals surface area contributed by atoms with Crippen LogP contribution in [0.15, 0.2) is 54.6 Å². The molecule has 1 amide bonds. The molecule has 5 heteroatoms. The standard InChI is InChI=1S/C29H37N3O2/c1-21-9-13-25(14-10-21)32-23(3)27(20-28(32)24-11-15-26(34-4)16-12-24)29(33)30-17-7-19-31-18-6-5-8-22(31)2/h9-16,20,22H,5-8,17-19H2,1-4H3,(H,30,33). The molecule has 1 aromatic heterocycles. The lowest BCUT2D eigenvalue weighted by atomic mass is 10.0. The van der Waals surface area contributed by atoms with Gasteiger partial charge in [-0.3, -0.25) is 4.79 Å². The first-order valence-electron chi connectivity index (χ1n) is 12.4. The number of carbonyl (C=O) groups is 1. The van der Waals surface area contributed by atoms with Crippen LogP contribution in [0.4, 0.5) is 0 Å². The van der Waals surface area contributed by atoms with Gasteiger partial charge in [-0.15, -0.1) is 0 Å². The Kier molecular flexibility index (Phi) is 7.73. The minimum absolute atomic E-state index is 0.00943. The fourth-order valence-corrected chi connectivity index (χ4v) is 4.91. The number of aromatic nitrogens is 1. The average molecular weight is 460 g/mol. The molecule has 4 rings (SSSR count). The zero-order chi connectivity index (χ0) is 24.1. The van der Waals surface area contributed by atoms with Crippen molar-refractivity contribution >= 4 is 5.91 Å². The number of carbonyl (C=O) groups excluding carboxylic acids is 1. The molecule has 1 aliphatic heterocycles. The van der Waals surface area contributed by atoms with Crippen molar-refractivity contribution in [1.29, 1.82) is 0 Å². The highest BCUT2D eigenvalue weighted by molar-refractivity contribution is 5.97. The zero-order valence-corrected chi connectivity index (χ0v) is 20.9. The molecule has 0 radical (unpaired) electrons. The van der Waals surface area contributed by atoms with Crippen molar-refractivity contribution in [1.82, 2.24) is 14.8 Å². The topological polar surface area (TPSA) is 46.5 Å². The van der Waals surface area contributed by atoms with E-state index in [0.29, 0.717) is 12.6 Å². The molecule has 2 heterocycles. The van der Waals surface area contributed by atoms with Crippen LogP contribution in [0, 0.1) is 13.8 Å². The van der Waals surface area contributed by atoms with Gasteiger partial charge in [-0.2, -0.15) is 0 Å². The van der Waals surface area contributed by atoms with E-state index in [1.807, 2.05) is 37.3 Å². The monoisotopic (exact) mass is 459 g/mol. The molecule has 0 saturated carbocycles. The summed E-state index contributed by atoms with van der Waals surface area (Å²) in [4.78, 5) is 15.8. The largest absolute Gasteiger partial charge is 0.497 e. The van der Waals surface area contributed by atoms with E-state index < -0.39 is 0 Å². The van der Waals surface area contributed by atoms with Crippen molar-refractivity contribution in [2.24, 2.45) is 0 Å². The van der Waals surface area contributed by atoms with Gasteiger partial charge in [0.2, 0.25) is 0 Å². The Labute approximate surface area is 203 Å². The minimum atomic E-state index is -0.00943. The lowest BCUT2D eigenvalue weighted by molar-refractivity contribution is 0.0948. The number of likely N-dealkylation sites (tertiary alicyclic amines) is 1. The number of amides is 1. The Hall–Kier alpha value is -3.05. The first-order chi connectivity index (χ1) is 16.5. The molecule has 180 valence electrons. The summed E-state index contributed by atoms with van der Waals surface area (Å²) in [6.45, 7) is 9.34. The summed E-state index contributed by atoms with van der Waals surface area (Å²) < 4.78 is 7.50. The second kappa shape index (κ2) is 10.9. The second-order valence-corrected chi connectivity index (χ2v) is 9.42. The van der Waals surface area contributed by atoms with Crippen molar-refractivity contribution in [3.8, 4) is 22.7 Å². The van der Waals surface area contributed by atoms with E-state index in [-0.39, 0.29) is 5.91 Å². The van der Waals surface area contributed by atoms with Gasteiger partial charge in [0.25, 0.3) is 5.91 Å². The number of methoxy groups -OCH3 is 1. The predicted molar refractivity (Wildman–Crippen MR) is 139 cm³/mol. The molecule has 0 bridgehead atoms. The van der Waals surface area contributed by atoms with Crippen LogP contribution in [0.1, 0.15) is 54.2 Å². The van der Waals surface area contributed by atoms with E-state index in [4.69, 9.17) is 4.74 Å². The first kappa shape index (κ1) is 24.1. The van der Waals surface area contributed by atoms with E-state index in [1.54, 1.807) is 7.11 Å². The molecule has 1 aliphatic rings. The summed E-state index contributed by atoms with van der Waals surface area (Å²) in [5.41, 5.74) is 5.96. The van der Waals surface area contributed by atoms with Crippen LogP contribution in [0.5, 0.6) is 5.75 Å². The van der Waals surface area contributed by atoms with E-state index in [2.05, 4.69) is 52.9 Å². The number of hydrogen-bond acceptors (Lipinski definition) is 3. The Bertz CT molecular complexity index is 1100. The van der Waals surface area contributed by atoms with Crippen molar-refractivity contribution in [3.63, 3.8) is 0 Å². The van der Waals surface area contributed by atoms with Gasteiger partial charge in [0.05, 0.1) is 18.4 Å². The van der Waals surface area contributed by atoms with E-state index in [1.165, 1.54) is 31.4 Å². The third-order valence-corrected chi connectivity index (χ3v) is 7.02. The first-order valence-corrected chi connectivity index (χ1v) is 12.4. The van der Waals surface area contributed by atoms with Crippen LogP contribution in [-0.4, -0.2) is 48.2 Å². The summed E-state index contributed by atoms with van der Waals surface area (Å²) in [6, 6.07) is 19.1. The highest BCUT2D eigenvalue weighted by Gasteiger charge is 2.20. The maximum Gasteiger partial charge on any atom is 0.253 e. The van der Waals surface area contributed by atoms with Crippen molar-refractivity contribution in [2.75, 3.05) is 26.7 Å². The molecule has 5 nitrogen and oxygen atoms in total. The quantitative estimate of drug-likeness (QED) is 0.436. The van der Waals surface area contributed by atoms with E-state index in [0.717, 1.165) is 46.9 Å². The van der Waals surface area contributed by atoms with E-state index in [9.17, 15) is 4.79 Å². The third-order valence-electron chi connectivity index (χ3n) is 7.02. The smallest absolute Gasteiger partial charge is 0.253 e. The highest BCUT2D eigenvalue weighted by atomic mass is 16.5. The predicted octanol–water partition coefficient (Wildman–Crippen LogP) is 5.76. The van der Waals surface area contributed by atoms with Crippen molar-refractivity contribution < 1.29 is 9.53 Å². The van der Waals surface area contributed by atoms with E-state index >= 15 is 0 Å². The number of nitrogens with zero attached hydrogens (tertiary/aromatic N) is 2. The van der Waals surface area contributed by atoms with Crippen LogP contribution in [0.2, 0.25) is 0 Å². The molecule has 1 N–H and O–H groups in total. The zero-order valence-electron chi connectivity index (χ0n) is 20.9. The Morgan fingerprint density at radius 2 is 1.79 bits per heavy atom. The number of nitrogens with one attached hydrogen (secondary N) is 1. The van der Waals surface area contributed by atoms with Crippen LogP contribution in [-0.2, 0) is 0 Å². The van der Waals surface area contributed by atoms with Gasteiger partial charge in [-0.25, -0.2) is 0 Å². The van der Waals surface area contributed by atoms with Crippen LogP contribution < -0.4 is 10.1 Å². The SMILES string of the molecule is COc1ccc(-c2cc(C(=O)NCCCN3CCCCC3C)c(C)n2-c2ccc(C)cc2)cc1. The maximum atomic E-state index is 13.2. The van der Waals surface area contributed by atoms with Crippen LogP contribution in [0.25, 0.3) is 16.9 Å². The molecule has 1 unspecified atom stereocenters. The van der Waals surface area contributed by atoms with Gasteiger partial charge in [0.15, 0.2) is 0 Å². The summed E-state index contributed by atoms with van der Waals surface area (Å²) >= 11 is 0. The molecule has 0 spiro atoms. The fraction of sp³-hybridized carbons (Fsp3) is 0.414. The fourth-order valence-electron chi connectivity index (χ4n) is 4.91. The number of aryl methyl sites for hydroxylation is 1. The average Bonchev–Trinajstić information content (AvgIpc) is 3.20. The highest BCUT2D eigenvalue weighted by Crippen LogP contribution is 2.31. The number of ether oxygens (including phenoxy) is 1. The Balaban J connectivity index is 1.54. The summed E-state index contributed by atoms with van der Waals surface area (Å²) in [5.74, 6) is 0.805. The van der Waals surface area contributed by atoms with Gasteiger partial charge < -0.3 is 19.5 Å². The number of piperidine rings is 1. The molecule has 2 aromatic carbocycles. The minimum Gasteiger partial charge on any atom is -0.497 e. The number of benzene rings is 2. The van der Waals surface area contributed by atoms with Gasteiger partial charge in [-0.1, -0.05) is 24.1 Å². The molecule has 3 aromatic rings. The third kappa shape index (κ3) is 5.36. The van der Waals surface area contributed by atoms with Gasteiger partial charge in [-0.05, 0) is 94.6 Å².